The molecule has 0 nitrogen and oxygen atoms in total. The number of hydrogen-bond acceptors (Lipinski definition) is 0. The zero-order chi connectivity index (χ0) is 57.5. The smallest absolute Gasteiger partial charge is 0.214 e. The Hall–Kier alpha value is 6.80. The highest BCUT2D eigenvalue weighted by Gasteiger charge is 2.20. The SMILES string of the molecule is BrCc1c(Br)c(Br)c(Br)c(Br)c1Br.BrCc1c(Br)c(Br)c(CBr)c(Br)c1Br.CCc1c(Br)c(Br)c(Br)c(Br)c1Br.CCc1c(Br)c(Br)c(CC)c(Br)c1Br.CCc1ccccc1C.Cc1ccccc1.[Cl][Al]([Cl])[Cl]. The van der Waals surface area contributed by atoms with Gasteiger partial charge in [-0.2, -0.15) is 0 Å². The van der Waals surface area contributed by atoms with Crippen LogP contribution >= 0.6 is 365 Å². The summed E-state index contributed by atoms with van der Waals surface area (Å²) in [5.41, 5.74) is 11.6. The molecular formula is C49H41AlBr21Cl3. The van der Waals surface area contributed by atoms with E-state index in [1.807, 2.05) is 18.2 Å². The molecule has 0 spiro atoms. The van der Waals surface area contributed by atoms with Crippen LogP contribution in [0.25, 0.3) is 0 Å². The molecule has 0 atom stereocenters. The normalized spacial score (nSPS) is 10.1. The lowest BCUT2D eigenvalue weighted by molar-refractivity contribution is 1.05. The van der Waals surface area contributed by atoms with E-state index in [1.165, 1.54) is 50.1 Å². The van der Waals surface area contributed by atoms with E-state index in [2.05, 4.69) is 412 Å². The first-order valence-electron chi connectivity index (χ1n) is 20.9. The minimum atomic E-state index is -1.72. The van der Waals surface area contributed by atoms with Gasteiger partial charge in [0.15, 0.2) is 0 Å². The van der Waals surface area contributed by atoms with Crippen molar-refractivity contribution in [2.45, 2.75) is 83.2 Å². The van der Waals surface area contributed by atoms with Crippen molar-refractivity contribution in [1.29, 1.82) is 0 Å². The lowest BCUT2D eigenvalue weighted by atomic mass is 10.1. The van der Waals surface area contributed by atoms with Gasteiger partial charge in [0.2, 0.25) is 0 Å². The van der Waals surface area contributed by atoms with Crippen molar-refractivity contribution in [3.63, 3.8) is 0 Å². The van der Waals surface area contributed by atoms with Gasteiger partial charge in [-0.05, 0) is 371 Å². The maximum atomic E-state index is 4.94. The largest absolute Gasteiger partial charge is 0.643 e. The number of benzene rings is 6. The Labute approximate surface area is 632 Å². The fourth-order valence-corrected chi connectivity index (χ4v) is 22.9. The average Bonchev–Trinajstić information content (AvgIpc) is 3.37. The minimum absolute atomic E-state index is 0.790. The molecule has 0 heterocycles. The van der Waals surface area contributed by atoms with Gasteiger partial charge in [-0.25, -0.2) is 30.1 Å². The highest BCUT2D eigenvalue weighted by Crippen LogP contribution is 2.47. The fraction of sp³-hybridized carbons (Fsp3) is 0.265. The van der Waals surface area contributed by atoms with Crippen LogP contribution in [0, 0.1) is 13.8 Å². The molecule has 6 aromatic carbocycles. The molecule has 0 radical (unpaired) electrons. The van der Waals surface area contributed by atoms with E-state index in [0.29, 0.717) is 0 Å². The van der Waals surface area contributed by atoms with Crippen molar-refractivity contribution >= 4 is 376 Å². The predicted molar refractivity (Wildman–Crippen MR) is 405 cm³/mol. The second-order valence-electron chi connectivity index (χ2n) is 14.2. The van der Waals surface area contributed by atoms with Crippen molar-refractivity contribution in [1.82, 2.24) is 0 Å². The van der Waals surface area contributed by atoms with Crippen LogP contribution in [-0.2, 0) is 41.7 Å². The summed E-state index contributed by atoms with van der Waals surface area (Å²) in [6, 6.07) is 18.8. The third-order valence-electron chi connectivity index (χ3n) is 9.54. The molecule has 25 heteroatoms. The van der Waals surface area contributed by atoms with E-state index in [-0.39, 0.29) is 0 Å². The van der Waals surface area contributed by atoms with Gasteiger partial charge < -0.3 is 0 Å². The molecule has 0 unspecified atom stereocenters. The molecule has 0 amide bonds. The molecule has 74 heavy (non-hydrogen) atoms. The van der Waals surface area contributed by atoms with Crippen LogP contribution in [0.5, 0.6) is 0 Å². The predicted octanol–water partition coefficient (Wildman–Crippen LogP) is 31.1. The Morgan fingerprint density at radius 2 is 0.500 bits per heavy atom. The van der Waals surface area contributed by atoms with Crippen molar-refractivity contribution in [3.8, 4) is 0 Å². The molecule has 0 aliphatic rings. The number of aryl methyl sites for hydroxylation is 3. The van der Waals surface area contributed by atoms with Crippen LogP contribution in [0.2, 0.25) is 0 Å². The molecule has 6 rings (SSSR count). The van der Waals surface area contributed by atoms with Gasteiger partial charge in [0.1, 0.15) is 0 Å². The summed E-state index contributed by atoms with van der Waals surface area (Å²) < 4.78 is 19.4. The van der Waals surface area contributed by atoms with Crippen LogP contribution in [0.1, 0.15) is 77.8 Å². The van der Waals surface area contributed by atoms with Gasteiger partial charge in [0.05, 0.1) is 0 Å². The van der Waals surface area contributed by atoms with E-state index in [4.69, 9.17) is 30.1 Å². The van der Waals surface area contributed by atoms with Crippen molar-refractivity contribution < 1.29 is 0 Å². The molecule has 0 saturated carbocycles. The summed E-state index contributed by atoms with van der Waals surface area (Å²) in [4.78, 5) is 0. The molecule has 0 aromatic heterocycles. The Bertz CT molecular complexity index is 2410. The van der Waals surface area contributed by atoms with Crippen LogP contribution in [0.3, 0.4) is 0 Å². The number of alkyl halides is 3. The van der Waals surface area contributed by atoms with E-state index < -0.39 is 11.4 Å². The van der Waals surface area contributed by atoms with Gasteiger partial charge in [-0.15, -0.1) is 0 Å². The third kappa shape index (κ3) is 25.9. The third-order valence-corrected chi connectivity index (χ3v) is 32.9. The topological polar surface area (TPSA) is 0 Å². The standard InChI is InChI=1S/C10H10Br4.C9H12.C8H4Br6.C8H5Br5.C7H2Br6.C7H8.Al.3ClH/c1-3-5-7(11)9(13)6(4-2)10(14)8(5)12;1-3-9-7-5-4-6-8(9)2;9-1-3-5(11)7(13)4(2-10)8(14)6(3)12;1-2-3-4(9)6(11)8(13)7(12)5(3)10;8-1-2-3(9)5(11)7(13)6(12)4(2)10;1-7-5-3-2-4-6-7;;;;/h3-4H2,1-2H3;4-7H,3H2,1-2H3;1-2H2;2H2,1H3;1H2;2-6H,1H3;;3*1H/q;;;;;;+3;;;/p-3. The van der Waals surface area contributed by atoms with Gasteiger partial charge in [0.25, 0.3) is 0 Å². The molecule has 6 aromatic rings. The maximum Gasteiger partial charge on any atom is 0.643 e. The summed E-state index contributed by atoms with van der Waals surface area (Å²) in [6.45, 7) is 12.8. The number of rotatable bonds is 7. The Balaban J connectivity index is 0.000000860. The van der Waals surface area contributed by atoms with Gasteiger partial charge in [-0.3, -0.25) is 0 Å². The molecule has 408 valence electrons. The molecular weight excluding hydrogens is 2400 g/mol. The zero-order valence-electron chi connectivity index (χ0n) is 39.3. The molecule has 0 bridgehead atoms. The highest BCUT2D eigenvalue weighted by molar-refractivity contribution is 9.17. The van der Waals surface area contributed by atoms with Crippen molar-refractivity contribution in [2.24, 2.45) is 0 Å². The quantitative estimate of drug-likeness (QED) is 0.0647. The van der Waals surface area contributed by atoms with Crippen LogP contribution in [-0.4, -0.2) is 11.4 Å². The van der Waals surface area contributed by atoms with Crippen LogP contribution in [0.15, 0.2) is 135 Å². The van der Waals surface area contributed by atoms with Gasteiger partial charge in [0, 0.05) is 96.5 Å². The van der Waals surface area contributed by atoms with E-state index in [9.17, 15) is 0 Å². The molecule has 0 saturated heterocycles. The Kier molecular flexibility index (Phi) is 47.4. The second kappa shape index (κ2) is 43.4. The number of halogens is 24. The first-order chi connectivity index (χ1) is 34.6. The minimum Gasteiger partial charge on any atom is -0.214 e. The summed E-state index contributed by atoms with van der Waals surface area (Å²) in [5, 5.41) is 2.39. The summed E-state index contributed by atoms with van der Waals surface area (Å²) in [7, 11) is 14.8. The Morgan fingerprint density at radius 3 is 0.689 bits per heavy atom. The molecule has 0 aliphatic carbocycles. The van der Waals surface area contributed by atoms with E-state index in [0.717, 1.165) is 122 Å². The molecule has 0 aliphatic heterocycles. The lowest BCUT2D eigenvalue weighted by Gasteiger charge is -2.14. The maximum absolute atomic E-state index is 4.94. The Morgan fingerprint density at radius 1 is 0.297 bits per heavy atom. The number of hydrogen-bond donors (Lipinski definition) is 0. The average molecular weight is 2440 g/mol. The van der Waals surface area contributed by atoms with Crippen molar-refractivity contribution in [2.75, 3.05) is 0 Å². The highest BCUT2D eigenvalue weighted by atomic mass is 79.9. The fourth-order valence-electron chi connectivity index (χ4n) is 5.57. The molecule has 0 fully saturated rings. The lowest BCUT2D eigenvalue weighted by Crippen LogP contribution is -1.94. The summed E-state index contributed by atoms with van der Waals surface area (Å²) in [6.07, 6.45) is 4.13. The summed E-state index contributed by atoms with van der Waals surface area (Å²) in [5.74, 6) is 0. The molecule has 0 N–H and O–H groups in total. The second-order valence-corrected chi connectivity index (χ2v) is 36.6. The van der Waals surface area contributed by atoms with Gasteiger partial charge >= 0.3 is 11.4 Å². The van der Waals surface area contributed by atoms with Crippen molar-refractivity contribution in [3.05, 3.63) is 185 Å². The van der Waals surface area contributed by atoms with Gasteiger partial charge in [-0.1, -0.05) is 136 Å². The monoisotopic (exact) mass is 2420 g/mol. The van der Waals surface area contributed by atoms with Crippen LogP contribution in [0.4, 0.5) is 0 Å². The zero-order valence-corrected chi connectivity index (χ0v) is 76.0. The van der Waals surface area contributed by atoms with E-state index in [1.54, 1.807) is 0 Å². The first-order valence-corrected chi connectivity index (χ1v) is 43.8. The first kappa shape index (κ1) is 80.8. The van der Waals surface area contributed by atoms with Crippen LogP contribution < -0.4 is 0 Å². The summed E-state index contributed by atoms with van der Waals surface area (Å²) >= 11 is 72.5. The van der Waals surface area contributed by atoms with E-state index >= 15 is 0 Å².